The number of allylic oxidation sites excluding steroid dienone is 1. The van der Waals surface area contributed by atoms with E-state index < -0.39 is 23.5 Å². The number of pyridine rings is 1. The van der Waals surface area contributed by atoms with Crippen molar-refractivity contribution in [2.75, 3.05) is 5.75 Å². The van der Waals surface area contributed by atoms with Gasteiger partial charge in [0.1, 0.15) is 17.1 Å². The molecule has 1 aromatic heterocycles. The van der Waals surface area contributed by atoms with Crippen molar-refractivity contribution < 1.29 is 19.1 Å². The second-order valence-electron chi connectivity index (χ2n) is 10.2. The third-order valence-corrected chi connectivity index (χ3v) is 8.63. The molecule has 8 heteroatoms. The summed E-state index contributed by atoms with van der Waals surface area (Å²) in [6, 6.07) is 31.4. The van der Waals surface area contributed by atoms with E-state index in [0.717, 1.165) is 22.3 Å². The van der Waals surface area contributed by atoms with E-state index in [9.17, 15) is 14.4 Å². The monoisotopic (exact) mass is 587 g/mol. The lowest BCUT2D eigenvalue weighted by Crippen LogP contribution is -2.70. The fourth-order valence-corrected chi connectivity index (χ4v) is 6.50. The third kappa shape index (κ3) is 6.29. The van der Waals surface area contributed by atoms with Gasteiger partial charge in [-0.25, -0.2) is 4.79 Å². The number of aromatic nitrogens is 1. The Morgan fingerprint density at radius 1 is 0.884 bits per heavy atom. The molecule has 0 spiro atoms. The molecule has 1 N–H and O–H groups in total. The molecule has 1 saturated heterocycles. The molecular weight excluding hydrogens is 558 g/mol. The minimum Gasteiger partial charge on any atom is -0.448 e. The lowest BCUT2D eigenvalue weighted by atomic mass is 10.00. The smallest absolute Gasteiger partial charge is 0.356 e. The summed E-state index contributed by atoms with van der Waals surface area (Å²) in [4.78, 5) is 46.0. The van der Waals surface area contributed by atoms with Crippen LogP contribution >= 0.6 is 11.8 Å². The maximum atomic E-state index is 14.1. The Labute approximate surface area is 254 Å². The average molecular weight is 588 g/mol. The summed E-state index contributed by atoms with van der Waals surface area (Å²) in [7, 11) is 0. The van der Waals surface area contributed by atoms with Gasteiger partial charge in [0, 0.05) is 18.1 Å². The van der Waals surface area contributed by atoms with Crippen molar-refractivity contribution in [2.24, 2.45) is 0 Å². The SMILES string of the molecule is O=C(Cc1ccccc1)NC1C(=O)N2C(C(=O)OC(c3ccccc3)c3ccccc3)=C(C=Cc3ccncc3)CS[C@H]12. The van der Waals surface area contributed by atoms with Gasteiger partial charge in [0.25, 0.3) is 5.91 Å². The zero-order valence-electron chi connectivity index (χ0n) is 23.2. The van der Waals surface area contributed by atoms with E-state index in [1.165, 1.54) is 16.7 Å². The fourth-order valence-electron chi connectivity index (χ4n) is 5.18. The number of nitrogens with one attached hydrogen (secondary N) is 1. The fraction of sp³-hybridized carbons (Fsp3) is 0.143. The normalized spacial score (nSPS) is 17.9. The molecule has 3 heterocycles. The predicted molar refractivity (Wildman–Crippen MR) is 166 cm³/mol. The molecule has 2 amide bonds. The summed E-state index contributed by atoms with van der Waals surface area (Å²) in [6.07, 6.45) is 6.63. The predicted octanol–water partition coefficient (Wildman–Crippen LogP) is 5.32. The molecular formula is C35H29N3O4S. The van der Waals surface area contributed by atoms with Crippen LogP contribution in [0.5, 0.6) is 0 Å². The van der Waals surface area contributed by atoms with Crippen molar-refractivity contribution in [1.29, 1.82) is 0 Å². The highest BCUT2D eigenvalue weighted by atomic mass is 32.2. The number of rotatable bonds is 9. The molecule has 6 rings (SSSR count). The van der Waals surface area contributed by atoms with Crippen molar-refractivity contribution in [3.63, 3.8) is 0 Å². The van der Waals surface area contributed by atoms with Crippen LogP contribution in [0.1, 0.15) is 28.4 Å². The van der Waals surface area contributed by atoms with Crippen molar-refractivity contribution in [2.45, 2.75) is 23.9 Å². The molecule has 0 radical (unpaired) electrons. The van der Waals surface area contributed by atoms with Gasteiger partial charge in [0.15, 0.2) is 6.10 Å². The van der Waals surface area contributed by atoms with Crippen molar-refractivity contribution in [3.8, 4) is 0 Å². The molecule has 214 valence electrons. The quantitative estimate of drug-likeness (QED) is 0.211. The first-order valence-electron chi connectivity index (χ1n) is 14.0. The minimum absolute atomic E-state index is 0.169. The van der Waals surface area contributed by atoms with Gasteiger partial charge in [0.05, 0.1) is 6.42 Å². The Bertz CT molecular complexity index is 1620. The zero-order chi connectivity index (χ0) is 29.6. The number of hydrogen-bond donors (Lipinski definition) is 1. The van der Waals surface area contributed by atoms with E-state index in [4.69, 9.17) is 4.74 Å². The molecule has 3 aromatic carbocycles. The average Bonchev–Trinajstić information content (AvgIpc) is 3.06. The summed E-state index contributed by atoms with van der Waals surface area (Å²) >= 11 is 1.51. The van der Waals surface area contributed by atoms with Gasteiger partial charge in [0.2, 0.25) is 5.91 Å². The molecule has 0 saturated carbocycles. The summed E-state index contributed by atoms with van der Waals surface area (Å²) in [5.41, 5.74) is 4.28. The number of nitrogens with zero attached hydrogens (tertiary/aromatic N) is 2. The third-order valence-electron chi connectivity index (χ3n) is 7.33. The molecule has 1 fully saturated rings. The minimum atomic E-state index is -0.728. The van der Waals surface area contributed by atoms with Crippen LogP contribution < -0.4 is 5.32 Å². The van der Waals surface area contributed by atoms with Crippen LogP contribution in [-0.2, 0) is 25.5 Å². The molecule has 1 unspecified atom stereocenters. The van der Waals surface area contributed by atoms with Crippen LogP contribution in [0.25, 0.3) is 6.08 Å². The Kier molecular flexibility index (Phi) is 8.47. The largest absolute Gasteiger partial charge is 0.448 e. The van der Waals surface area contributed by atoms with Crippen LogP contribution in [-0.4, -0.2) is 44.8 Å². The van der Waals surface area contributed by atoms with E-state index in [-0.39, 0.29) is 23.9 Å². The highest BCUT2D eigenvalue weighted by Gasteiger charge is 2.54. The second-order valence-corrected chi connectivity index (χ2v) is 11.3. The highest BCUT2D eigenvalue weighted by molar-refractivity contribution is 8.00. The molecule has 7 nitrogen and oxygen atoms in total. The number of hydrogen-bond acceptors (Lipinski definition) is 6. The number of amides is 2. The maximum Gasteiger partial charge on any atom is 0.356 e. The Morgan fingerprint density at radius 2 is 1.49 bits per heavy atom. The summed E-state index contributed by atoms with van der Waals surface area (Å²) in [5.74, 6) is -0.710. The number of ether oxygens (including phenoxy) is 1. The van der Waals surface area contributed by atoms with Crippen LogP contribution in [0, 0.1) is 0 Å². The van der Waals surface area contributed by atoms with Crippen LogP contribution in [0.4, 0.5) is 0 Å². The van der Waals surface area contributed by atoms with E-state index in [1.807, 2.05) is 115 Å². The van der Waals surface area contributed by atoms with Crippen LogP contribution in [0.15, 0.2) is 133 Å². The second kappa shape index (κ2) is 12.9. The zero-order valence-corrected chi connectivity index (χ0v) is 24.0. The summed E-state index contributed by atoms with van der Waals surface area (Å²) in [6.45, 7) is 0. The van der Waals surface area contributed by atoms with Crippen molar-refractivity contribution >= 4 is 35.6 Å². The molecule has 2 aliphatic heterocycles. The van der Waals surface area contributed by atoms with Crippen molar-refractivity contribution in [1.82, 2.24) is 15.2 Å². The Hall–Kier alpha value is -4.95. The van der Waals surface area contributed by atoms with E-state index in [2.05, 4.69) is 10.3 Å². The van der Waals surface area contributed by atoms with Gasteiger partial charge in [-0.3, -0.25) is 19.5 Å². The van der Waals surface area contributed by atoms with E-state index >= 15 is 0 Å². The number of β-lactam (4-membered cyclic amide) rings is 1. The van der Waals surface area contributed by atoms with Gasteiger partial charge in [-0.2, -0.15) is 0 Å². The van der Waals surface area contributed by atoms with E-state index in [0.29, 0.717) is 11.3 Å². The number of carbonyl (C=O) groups is 3. The van der Waals surface area contributed by atoms with E-state index in [1.54, 1.807) is 12.4 Å². The standard InChI is InChI=1S/C35H29N3O4S/c39-29(22-25-10-4-1-5-11-25)37-30-33(40)38-31(28(23-43-34(30)38)17-16-24-18-20-36-21-19-24)35(41)42-32(26-12-6-2-7-13-26)27-14-8-3-9-15-27/h1-21,30,32,34H,22-23H2,(H,37,39)/t30?,34-/m1/s1. The highest BCUT2D eigenvalue weighted by Crippen LogP contribution is 2.42. The first-order chi connectivity index (χ1) is 21.1. The molecule has 0 bridgehead atoms. The molecule has 0 aliphatic carbocycles. The van der Waals surface area contributed by atoms with Gasteiger partial charge in [-0.05, 0) is 40.0 Å². The van der Waals surface area contributed by atoms with Crippen molar-refractivity contribution in [3.05, 3.63) is 155 Å². The first-order valence-corrected chi connectivity index (χ1v) is 15.0. The molecule has 2 aliphatic rings. The summed E-state index contributed by atoms with van der Waals surface area (Å²) < 4.78 is 6.21. The van der Waals surface area contributed by atoms with Gasteiger partial charge >= 0.3 is 5.97 Å². The molecule has 2 atom stereocenters. The Balaban J connectivity index is 1.29. The number of esters is 1. The maximum absolute atomic E-state index is 14.1. The van der Waals surface area contributed by atoms with Crippen LogP contribution in [0.3, 0.4) is 0 Å². The number of carbonyl (C=O) groups excluding carboxylic acids is 3. The lowest BCUT2D eigenvalue weighted by Gasteiger charge is -2.49. The van der Waals surface area contributed by atoms with Crippen LogP contribution in [0.2, 0.25) is 0 Å². The topological polar surface area (TPSA) is 88.6 Å². The lowest BCUT2D eigenvalue weighted by molar-refractivity contribution is -0.154. The number of fused-ring (bicyclic) bond motifs is 1. The molecule has 4 aromatic rings. The van der Waals surface area contributed by atoms with Gasteiger partial charge in [-0.15, -0.1) is 11.8 Å². The summed E-state index contributed by atoms with van der Waals surface area (Å²) in [5, 5.41) is 2.47. The van der Waals surface area contributed by atoms with Gasteiger partial charge < -0.3 is 10.1 Å². The number of thioether (sulfide) groups is 1. The van der Waals surface area contributed by atoms with Gasteiger partial charge in [-0.1, -0.05) is 103 Å². The number of benzene rings is 3. The molecule has 43 heavy (non-hydrogen) atoms. The Morgan fingerprint density at radius 3 is 2.12 bits per heavy atom. The first kappa shape index (κ1) is 28.2.